The highest BCUT2D eigenvalue weighted by molar-refractivity contribution is 6.26. The number of hydrogen-bond acceptors (Lipinski definition) is 1. The Morgan fingerprint density at radius 2 is 0.810 bits per heavy atom. The van der Waals surface area contributed by atoms with Crippen molar-refractivity contribution < 1.29 is 0 Å². The van der Waals surface area contributed by atoms with E-state index in [1.165, 1.54) is 54.2 Å². The van der Waals surface area contributed by atoms with Gasteiger partial charge >= 0.3 is 5.82 Å². The van der Waals surface area contributed by atoms with Crippen molar-refractivity contribution in [3.63, 3.8) is 0 Å². The van der Waals surface area contributed by atoms with Crippen LogP contribution in [-0.2, 0) is 0 Å². The van der Waals surface area contributed by atoms with Crippen molar-refractivity contribution >= 4 is 75.9 Å². The zero-order chi connectivity index (χ0) is 42.3. The lowest BCUT2D eigenvalue weighted by atomic mass is 9.82. The quantitative estimate of drug-likeness (QED) is 0.0959. The summed E-state index contributed by atoms with van der Waals surface area (Å²) in [6.45, 7) is 16.0. The van der Waals surface area contributed by atoms with Gasteiger partial charge in [-0.3, -0.25) is 0 Å². The molecule has 63 heavy (non-hydrogen) atoms. The predicted octanol–water partition coefficient (Wildman–Crippen LogP) is 16.2. The molecule has 0 unspecified atom stereocenters. The summed E-state index contributed by atoms with van der Waals surface area (Å²) in [7, 11) is 4.16. The monoisotopic (exact) mass is 799 g/mol. The largest absolute Gasteiger partial charge is 0.527 e. The first kappa shape index (κ1) is 36.4. The SMILES string of the molecule is [C-]#[N+]C([N+]#[C-])=C1c2cccc3ccc4c(-c5cc(-c6cccc7cc8ccccc8cc67)c(-c6cccc7cc8ccccc8cc67)cc5-c5ccc(N(C)C)cc5)ccc1c4c23. The third-order valence-corrected chi connectivity index (χ3v) is 13.2. The molecule has 12 rings (SSSR count). The molecule has 3 nitrogen and oxygen atoms in total. The molecule has 1 aliphatic rings. The van der Waals surface area contributed by atoms with Crippen molar-refractivity contribution in [2.24, 2.45) is 0 Å². The highest BCUT2D eigenvalue weighted by Gasteiger charge is 2.31. The Morgan fingerprint density at radius 1 is 0.349 bits per heavy atom. The Hall–Kier alpha value is -8.50. The van der Waals surface area contributed by atoms with Crippen LogP contribution in [-0.4, -0.2) is 14.1 Å². The van der Waals surface area contributed by atoms with Crippen LogP contribution in [0.1, 0.15) is 11.1 Å². The van der Waals surface area contributed by atoms with Crippen molar-refractivity contribution in [3.05, 3.63) is 228 Å². The Kier molecular flexibility index (Phi) is 8.10. The summed E-state index contributed by atoms with van der Waals surface area (Å²) in [6.07, 6.45) is 0. The third kappa shape index (κ3) is 5.58. The van der Waals surface area contributed by atoms with E-state index in [0.717, 1.165) is 77.3 Å². The van der Waals surface area contributed by atoms with Crippen LogP contribution < -0.4 is 4.90 Å². The molecule has 11 aromatic carbocycles. The van der Waals surface area contributed by atoms with E-state index >= 15 is 0 Å². The molecule has 0 amide bonds. The molecule has 0 saturated heterocycles. The van der Waals surface area contributed by atoms with E-state index in [2.05, 4.69) is 211 Å². The number of nitrogens with zero attached hydrogens (tertiary/aromatic N) is 3. The highest BCUT2D eigenvalue weighted by Crippen LogP contribution is 2.52. The van der Waals surface area contributed by atoms with Gasteiger partial charge in [0.2, 0.25) is 0 Å². The van der Waals surface area contributed by atoms with Crippen molar-refractivity contribution in [3.8, 4) is 44.5 Å². The molecule has 0 radical (unpaired) electrons. The van der Waals surface area contributed by atoms with Crippen molar-refractivity contribution in [1.29, 1.82) is 0 Å². The van der Waals surface area contributed by atoms with Gasteiger partial charge in [-0.2, -0.15) is 9.69 Å². The van der Waals surface area contributed by atoms with Crippen LogP contribution in [0.2, 0.25) is 0 Å². The van der Waals surface area contributed by atoms with E-state index in [9.17, 15) is 0 Å². The normalized spacial score (nSPS) is 11.9. The van der Waals surface area contributed by atoms with Gasteiger partial charge in [-0.1, -0.05) is 140 Å². The number of fused-ring (bicyclic) bond motifs is 4. The molecule has 1 aliphatic carbocycles. The fraction of sp³-hybridized carbons (Fsp3) is 0.0333. The van der Waals surface area contributed by atoms with E-state index in [-0.39, 0.29) is 5.82 Å². The van der Waals surface area contributed by atoms with Crippen molar-refractivity contribution in [2.75, 3.05) is 19.0 Å². The highest BCUT2D eigenvalue weighted by atomic mass is 15.1. The van der Waals surface area contributed by atoms with Gasteiger partial charge in [-0.15, -0.1) is 0 Å². The second kappa shape index (κ2) is 14.0. The van der Waals surface area contributed by atoms with E-state index < -0.39 is 0 Å². The molecule has 0 aromatic heterocycles. The predicted molar refractivity (Wildman–Crippen MR) is 267 cm³/mol. The third-order valence-electron chi connectivity index (χ3n) is 13.2. The first-order valence-electron chi connectivity index (χ1n) is 21.3. The molecular weight excluding hydrogens is 763 g/mol. The lowest BCUT2D eigenvalue weighted by Crippen LogP contribution is -2.07. The van der Waals surface area contributed by atoms with Gasteiger partial charge < -0.3 is 4.90 Å². The molecule has 11 aromatic rings. The van der Waals surface area contributed by atoms with Gasteiger partial charge in [-0.25, -0.2) is 0 Å². The lowest BCUT2D eigenvalue weighted by molar-refractivity contribution is 1.13. The fourth-order valence-electron chi connectivity index (χ4n) is 10.2. The van der Waals surface area contributed by atoms with Crippen LogP contribution in [0.15, 0.2) is 194 Å². The fourth-order valence-corrected chi connectivity index (χ4v) is 10.2. The number of rotatable bonds is 5. The Labute approximate surface area is 365 Å². The summed E-state index contributed by atoms with van der Waals surface area (Å²) in [5, 5.41) is 14.1. The molecule has 0 bridgehead atoms. The molecule has 0 fully saturated rings. The minimum atomic E-state index is 0.104. The van der Waals surface area contributed by atoms with Crippen molar-refractivity contribution in [2.45, 2.75) is 0 Å². The minimum absolute atomic E-state index is 0.104. The van der Waals surface area contributed by atoms with E-state index in [1.54, 1.807) is 0 Å². The average molecular weight is 800 g/mol. The molecule has 292 valence electrons. The summed E-state index contributed by atoms with van der Waals surface area (Å²) in [4.78, 5) is 9.61. The van der Waals surface area contributed by atoms with Crippen LogP contribution >= 0.6 is 0 Å². The number of anilines is 1. The first-order chi connectivity index (χ1) is 31.0. The topological polar surface area (TPSA) is 12.0 Å². The maximum Gasteiger partial charge on any atom is 0.527 e. The molecule has 0 atom stereocenters. The van der Waals surface area contributed by atoms with Gasteiger partial charge in [0.1, 0.15) is 13.1 Å². The first-order valence-corrected chi connectivity index (χ1v) is 21.3. The van der Waals surface area contributed by atoms with Crippen LogP contribution in [0, 0.1) is 13.1 Å². The summed E-state index contributed by atoms with van der Waals surface area (Å²) < 4.78 is 0. The summed E-state index contributed by atoms with van der Waals surface area (Å²) in [5.74, 6) is 0.104. The van der Waals surface area contributed by atoms with Gasteiger partial charge in [-0.05, 0) is 169 Å². The molecule has 0 aliphatic heterocycles. The maximum absolute atomic E-state index is 8.00. The molecule has 0 N–H and O–H groups in total. The van der Waals surface area contributed by atoms with Gasteiger partial charge in [0.25, 0.3) is 0 Å². The minimum Gasteiger partial charge on any atom is -0.378 e. The number of benzene rings is 11. The Bertz CT molecular complexity index is 3880. The summed E-state index contributed by atoms with van der Waals surface area (Å²) in [5.41, 5.74) is 12.9. The van der Waals surface area contributed by atoms with Gasteiger partial charge in [0.05, 0.1) is 5.57 Å². The van der Waals surface area contributed by atoms with Crippen LogP contribution in [0.25, 0.3) is 124 Å². The lowest BCUT2D eigenvalue weighted by Gasteiger charge is -2.22. The van der Waals surface area contributed by atoms with E-state index in [0.29, 0.717) is 0 Å². The molecule has 3 heteroatoms. The van der Waals surface area contributed by atoms with E-state index in [1.807, 2.05) is 6.07 Å². The summed E-state index contributed by atoms with van der Waals surface area (Å²) in [6, 6.07) is 68.9. The molecule has 0 heterocycles. The smallest absolute Gasteiger partial charge is 0.378 e. The Balaban J connectivity index is 1.23. The van der Waals surface area contributed by atoms with Gasteiger partial charge in [0, 0.05) is 19.8 Å². The van der Waals surface area contributed by atoms with E-state index in [4.69, 9.17) is 13.1 Å². The molecular formula is C60H37N3. The molecule has 0 spiro atoms. The van der Waals surface area contributed by atoms with Crippen molar-refractivity contribution in [1.82, 2.24) is 0 Å². The zero-order valence-electron chi connectivity index (χ0n) is 34.7. The van der Waals surface area contributed by atoms with Crippen LogP contribution in [0.3, 0.4) is 0 Å². The maximum atomic E-state index is 8.00. The zero-order valence-corrected chi connectivity index (χ0v) is 34.7. The average Bonchev–Trinajstić information content (AvgIpc) is 3.66. The van der Waals surface area contributed by atoms with Crippen LogP contribution in [0.5, 0.6) is 0 Å². The second-order valence-electron chi connectivity index (χ2n) is 16.8. The Morgan fingerprint density at radius 3 is 1.38 bits per heavy atom. The molecule has 0 saturated carbocycles. The van der Waals surface area contributed by atoms with Gasteiger partial charge in [0.15, 0.2) is 0 Å². The second-order valence-corrected chi connectivity index (χ2v) is 16.8. The standard InChI is InChI=1S/C60H37N3/c1-61-60(62-2)59-49-21-9-16-37-24-27-48-47(28-29-50(59)58(48)57(37)49)54-35-56(46-20-11-18-43-31-39-13-6-8-15-41(39)33-52(43)46)55(34-53(54)36-22-25-44(26-23-36)63(3)4)45-19-10-17-42-30-38-12-5-7-14-40(38)32-51(42)45/h5-35H,3-4H3. The van der Waals surface area contributed by atoms with Crippen LogP contribution in [0.4, 0.5) is 5.69 Å². The number of hydrogen-bond donors (Lipinski definition) is 0. The summed E-state index contributed by atoms with van der Waals surface area (Å²) >= 11 is 0.